The van der Waals surface area contributed by atoms with Crippen molar-refractivity contribution in [1.82, 2.24) is 9.55 Å². The van der Waals surface area contributed by atoms with Gasteiger partial charge in [0.25, 0.3) is 5.69 Å². The molecule has 0 radical (unpaired) electrons. The molecule has 2 atom stereocenters. The second kappa shape index (κ2) is 6.20. The molecule has 1 aromatic heterocycles. The number of anilines is 1. The Morgan fingerprint density at radius 1 is 1.43 bits per heavy atom. The van der Waals surface area contributed by atoms with Crippen LogP contribution in [0, 0.1) is 23.0 Å². The third kappa shape index (κ3) is 3.03. The van der Waals surface area contributed by atoms with E-state index in [1.807, 2.05) is 19.4 Å². The summed E-state index contributed by atoms with van der Waals surface area (Å²) >= 11 is 6.36. The van der Waals surface area contributed by atoms with Crippen molar-refractivity contribution in [2.75, 3.05) is 18.0 Å². The molecule has 1 saturated heterocycles. The second-order valence-corrected chi connectivity index (χ2v) is 6.55. The minimum Gasteiger partial charge on any atom is -0.368 e. The molecule has 2 heterocycles. The summed E-state index contributed by atoms with van der Waals surface area (Å²) in [4.78, 5) is 16.9. The van der Waals surface area contributed by atoms with Crippen molar-refractivity contribution in [1.29, 1.82) is 0 Å². The predicted molar refractivity (Wildman–Crippen MR) is 90.1 cm³/mol. The highest BCUT2D eigenvalue weighted by molar-refractivity contribution is 6.33. The standard InChI is InChI=1S/C16H19ClN4O2/c1-11-3-5-19(9-15(11)20-6-4-18-10-20)16-12(2)7-13(21(22)23)8-14(16)17/h4,6-8,10-11,15H,3,5,9H2,1-2H3. The number of hydrogen-bond acceptors (Lipinski definition) is 4. The van der Waals surface area contributed by atoms with Crippen molar-refractivity contribution < 1.29 is 4.92 Å². The molecular weight excluding hydrogens is 316 g/mol. The van der Waals surface area contributed by atoms with Gasteiger partial charge in [0.2, 0.25) is 0 Å². The first-order chi connectivity index (χ1) is 11.0. The quantitative estimate of drug-likeness (QED) is 0.632. The molecule has 1 aliphatic heterocycles. The minimum atomic E-state index is -0.408. The number of nitrogens with zero attached hydrogens (tertiary/aromatic N) is 4. The van der Waals surface area contributed by atoms with Crippen LogP contribution in [-0.4, -0.2) is 27.6 Å². The lowest BCUT2D eigenvalue weighted by molar-refractivity contribution is -0.384. The number of hydrogen-bond donors (Lipinski definition) is 0. The summed E-state index contributed by atoms with van der Waals surface area (Å²) < 4.78 is 2.13. The highest BCUT2D eigenvalue weighted by Crippen LogP contribution is 2.38. The molecule has 0 amide bonds. The molecule has 1 fully saturated rings. The van der Waals surface area contributed by atoms with Crippen molar-refractivity contribution in [3.05, 3.63) is 51.6 Å². The molecule has 2 aromatic rings. The number of benzene rings is 1. The van der Waals surface area contributed by atoms with E-state index in [4.69, 9.17) is 11.6 Å². The first-order valence-electron chi connectivity index (χ1n) is 7.64. The summed E-state index contributed by atoms with van der Waals surface area (Å²) in [5, 5.41) is 11.4. The second-order valence-electron chi connectivity index (χ2n) is 6.14. The van der Waals surface area contributed by atoms with Gasteiger partial charge in [-0.1, -0.05) is 18.5 Å². The largest absolute Gasteiger partial charge is 0.368 e. The number of nitro benzene ring substituents is 1. The van der Waals surface area contributed by atoms with Crippen molar-refractivity contribution in [3.8, 4) is 0 Å². The Bertz CT molecular complexity index is 694. The molecule has 0 bridgehead atoms. The number of aromatic nitrogens is 2. The van der Waals surface area contributed by atoms with E-state index >= 15 is 0 Å². The highest BCUT2D eigenvalue weighted by Gasteiger charge is 2.29. The molecule has 122 valence electrons. The summed E-state index contributed by atoms with van der Waals surface area (Å²) in [7, 11) is 0. The number of rotatable bonds is 3. The third-order valence-electron chi connectivity index (χ3n) is 4.59. The Morgan fingerprint density at radius 2 is 2.22 bits per heavy atom. The number of aryl methyl sites for hydroxylation is 1. The molecule has 0 aliphatic carbocycles. The lowest BCUT2D eigenvalue weighted by Crippen LogP contribution is -2.41. The fourth-order valence-corrected chi connectivity index (χ4v) is 3.71. The number of non-ortho nitro benzene ring substituents is 1. The maximum atomic E-state index is 11.0. The minimum absolute atomic E-state index is 0.0350. The summed E-state index contributed by atoms with van der Waals surface area (Å²) in [6.45, 7) is 5.82. The molecule has 6 nitrogen and oxygen atoms in total. The van der Waals surface area contributed by atoms with E-state index in [2.05, 4.69) is 21.4 Å². The Labute approximate surface area is 139 Å². The van der Waals surface area contributed by atoms with Gasteiger partial charge in [0.1, 0.15) is 0 Å². The van der Waals surface area contributed by atoms with E-state index in [9.17, 15) is 10.1 Å². The zero-order valence-electron chi connectivity index (χ0n) is 13.1. The van der Waals surface area contributed by atoms with E-state index in [1.165, 1.54) is 6.07 Å². The van der Waals surface area contributed by atoms with Gasteiger partial charge in [0.15, 0.2) is 0 Å². The van der Waals surface area contributed by atoms with Crippen LogP contribution >= 0.6 is 11.6 Å². The van der Waals surface area contributed by atoms with Gasteiger partial charge in [0, 0.05) is 37.6 Å². The Morgan fingerprint density at radius 3 is 2.83 bits per heavy atom. The fraction of sp³-hybridized carbons (Fsp3) is 0.438. The first kappa shape index (κ1) is 15.8. The van der Waals surface area contributed by atoms with Gasteiger partial charge < -0.3 is 9.47 Å². The monoisotopic (exact) mass is 334 g/mol. The Hall–Kier alpha value is -2.08. The summed E-state index contributed by atoms with van der Waals surface area (Å²) in [6.07, 6.45) is 6.65. The van der Waals surface area contributed by atoms with E-state index in [0.717, 1.165) is 30.8 Å². The number of imidazole rings is 1. The molecule has 23 heavy (non-hydrogen) atoms. The van der Waals surface area contributed by atoms with Crippen LogP contribution < -0.4 is 4.90 Å². The fourth-order valence-electron chi connectivity index (χ4n) is 3.33. The average molecular weight is 335 g/mol. The van der Waals surface area contributed by atoms with Gasteiger partial charge in [0.05, 0.1) is 28.0 Å². The Balaban J connectivity index is 1.91. The topological polar surface area (TPSA) is 64.2 Å². The van der Waals surface area contributed by atoms with Crippen molar-refractivity contribution in [2.45, 2.75) is 26.3 Å². The van der Waals surface area contributed by atoms with Crippen molar-refractivity contribution in [2.24, 2.45) is 5.92 Å². The number of piperidine rings is 1. The third-order valence-corrected chi connectivity index (χ3v) is 4.88. The van der Waals surface area contributed by atoms with Crippen LogP contribution in [0.15, 0.2) is 30.9 Å². The van der Waals surface area contributed by atoms with E-state index in [0.29, 0.717) is 17.0 Å². The van der Waals surface area contributed by atoms with Crippen molar-refractivity contribution >= 4 is 23.0 Å². The molecule has 0 saturated carbocycles. The van der Waals surface area contributed by atoms with Crippen LogP contribution in [0.4, 0.5) is 11.4 Å². The molecule has 0 spiro atoms. The zero-order chi connectivity index (χ0) is 16.6. The molecule has 7 heteroatoms. The van der Waals surface area contributed by atoms with Crippen LogP contribution in [0.5, 0.6) is 0 Å². The van der Waals surface area contributed by atoms with Crippen LogP contribution in [-0.2, 0) is 0 Å². The lowest BCUT2D eigenvalue weighted by atomic mass is 9.92. The van der Waals surface area contributed by atoms with Crippen LogP contribution in [0.1, 0.15) is 24.9 Å². The first-order valence-corrected chi connectivity index (χ1v) is 8.02. The van der Waals surface area contributed by atoms with E-state index < -0.39 is 4.92 Å². The molecule has 0 N–H and O–H groups in total. The van der Waals surface area contributed by atoms with Gasteiger partial charge in [-0.25, -0.2) is 4.98 Å². The number of nitro groups is 1. The summed E-state index contributed by atoms with van der Waals surface area (Å²) in [5.41, 5.74) is 1.77. The predicted octanol–water partition coefficient (Wildman–Crippen LogP) is 3.84. The molecule has 3 rings (SSSR count). The van der Waals surface area contributed by atoms with Crippen molar-refractivity contribution in [3.63, 3.8) is 0 Å². The summed E-state index contributed by atoms with van der Waals surface area (Å²) in [5.74, 6) is 0.539. The van der Waals surface area contributed by atoms with Gasteiger partial charge in [-0.2, -0.15) is 0 Å². The molecular formula is C16H19ClN4O2. The summed E-state index contributed by atoms with van der Waals surface area (Å²) in [6, 6.07) is 3.34. The smallest absolute Gasteiger partial charge is 0.271 e. The van der Waals surface area contributed by atoms with Crippen LogP contribution in [0.2, 0.25) is 5.02 Å². The van der Waals surface area contributed by atoms with Crippen LogP contribution in [0.25, 0.3) is 0 Å². The molecule has 1 aliphatic rings. The zero-order valence-corrected chi connectivity index (χ0v) is 13.9. The maximum absolute atomic E-state index is 11.0. The SMILES string of the molecule is Cc1cc([N+](=O)[O-])cc(Cl)c1N1CCC(C)C(n2ccnc2)C1. The van der Waals surface area contributed by atoms with Gasteiger partial charge >= 0.3 is 0 Å². The van der Waals surface area contributed by atoms with Gasteiger partial charge in [-0.15, -0.1) is 0 Å². The van der Waals surface area contributed by atoms with E-state index in [1.54, 1.807) is 12.3 Å². The maximum Gasteiger partial charge on any atom is 0.271 e. The highest BCUT2D eigenvalue weighted by atomic mass is 35.5. The van der Waals surface area contributed by atoms with E-state index in [-0.39, 0.29) is 5.69 Å². The lowest BCUT2D eigenvalue weighted by Gasteiger charge is -2.39. The normalized spacial score (nSPS) is 21.4. The number of halogens is 1. The molecule has 2 unspecified atom stereocenters. The average Bonchev–Trinajstić information content (AvgIpc) is 3.02. The van der Waals surface area contributed by atoms with Crippen LogP contribution in [0.3, 0.4) is 0 Å². The van der Waals surface area contributed by atoms with Gasteiger partial charge in [-0.05, 0) is 24.8 Å². The van der Waals surface area contributed by atoms with Gasteiger partial charge in [-0.3, -0.25) is 10.1 Å². The Kier molecular flexibility index (Phi) is 4.26. The molecule has 1 aromatic carbocycles.